The fourth-order valence-electron chi connectivity index (χ4n) is 5.72. The van der Waals surface area contributed by atoms with Gasteiger partial charge in [-0.3, -0.25) is 19.6 Å². The molecule has 2 aliphatic heterocycles. The average molecular weight is 598 g/mol. The molecule has 44 heavy (non-hydrogen) atoms. The summed E-state index contributed by atoms with van der Waals surface area (Å²) in [5.74, 6) is 1.43. The maximum atomic E-state index is 13.5. The van der Waals surface area contributed by atoms with Gasteiger partial charge in [0.1, 0.15) is 17.2 Å². The van der Waals surface area contributed by atoms with E-state index in [1.807, 2.05) is 42.5 Å². The van der Waals surface area contributed by atoms with Gasteiger partial charge >= 0.3 is 0 Å². The van der Waals surface area contributed by atoms with Crippen LogP contribution in [0, 0.1) is 5.92 Å². The fourth-order valence-corrected chi connectivity index (χ4v) is 5.72. The molecule has 1 saturated heterocycles. The number of H-pyrrole nitrogens is 1. The Labute approximate surface area is 257 Å². The van der Waals surface area contributed by atoms with E-state index in [1.165, 1.54) is 4.90 Å². The van der Waals surface area contributed by atoms with Gasteiger partial charge in [0, 0.05) is 43.7 Å². The van der Waals surface area contributed by atoms with E-state index < -0.39 is 0 Å². The van der Waals surface area contributed by atoms with Crippen LogP contribution in [0.5, 0.6) is 17.2 Å². The van der Waals surface area contributed by atoms with Crippen molar-refractivity contribution in [1.82, 2.24) is 25.3 Å². The van der Waals surface area contributed by atoms with Crippen molar-refractivity contribution in [2.75, 3.05) is 33.3 Å². The molecule has 10 nitrogen and oxygen atoms in total. The highest BCUT2D eigenvalue weighted by Gasteiger charge is 2.32. The fraction of sp³-hybridized carbons (Fsp3) is 0.382. The minimum atomic E-state index is -0.296. The second-order valence-electron chi connectivity index (χ2n) is 12.1. The van der Waals surface area contributed by atoms with Crippen LogP contribution in [-0.4, -0.2) is 77.2 Å². The Bertz CT molecular complexity index is 1640. The molecule has 0 saturated carbocycles. The van der Waals surface area contributed by atoms with Crippen LogP contribution in [0.25, 0.3) is 10.9 Å². The van der Waals surface area contributed by atoms with E-state index in [4.69, 9.17) is 14.2 Å². The molecule has 0 unspecified atom stereocenters. The number of piperidine rings is 1. The van der Waals surface area contributed by atoms with E-state index in [0.29, 0.717) is 61.5 Å². The van der Waals surface area contributed by atoms with Crippen LogP contribution in [0.3, 0.4) is 0 Å². The first-order valence-corrected chi connectivity index (χ1v) is 15.2. The number of nitrogens with one attached hydrogen (secondary N) is 2. The van der Waals surface area contributed by atoms with Crippen molar-refractivity contribution in [3.05, 3.63) is 83.6 Å². The van der Waals surface area contributed by atoms with E-state index in [2.05, 4.69) is 40.3 Å². The molecule has 1 fully saturated rings. The zero-order valence-electron chi connectivity index (χ0n) is 25.4. The molecular formula is C34H39N5O5. The Morgan fingerprint density at radius 3 is 2.77 bits per heavy atom. The number of likely N-dealkylation sites (N-methyl/N-ethyl adjacent to an activating group) is 1. The van der Waals surface area contributed by atoms with Crippen LogP contribution < -0.4 is 14.8 Å². The second kappa shape index (κ2) is 13.1. The maximum absolute atomic E-state index is 13.5. The predicted molar refractivity (Wildman–Crippen MR) is 167 cm³/mol. The van der Waals surface area contributed by atoms with Gasteiger partial charge in [-0.05, 0) is 48.2 Å². The van der Waals surface area contributed by atoms with E-state index in [-0.39, 0.29) is 30.5 Å². The summed E-state index contributed by atoms with van der Waals surface area (Å²) in [7, 11) is 1.63. The van der Waals surface area contributed by atoms with Crippen molar-refractivity contribution < 1.29 is 23.8 Å². The minimum absolute atomic E-state index is 0.0851. The SMILES string of the molecule is CC(C)COc1cc2cc(c1)C(=O)N(C)CC(=O)N[C@H]1CCN(Cc3[nH]nc4ccccc34)C[C@@H]1OCc1cccc(c1)O2. The molecule has 0 radical (unpaired) electrons. The summed E-state index contributed by atoms with van der Waals surface area (Å²) in [6.07, 6.45) is 0.454. The normalized spacial score (nSPS) is 19.9. The monoisotopic (exact) mass is 597 g/mol. The number of aromatic nitrogens is 2. The molecule has 3 aromatic carbocycles. The van der Waals surface area contributed by atoms with E-state index in [1.54, 1.807) is 25.2 Å². The van der Waals surface area contributed by atoms with Crippen LogP contribution in [-0.2, 0) is 22.7 Å². The average Bonchev–Trinajstić information content (AvgIpc) is 3.41. The molecule has 2 aliphatic rings. The molecular weight excluding hydrogens is 558 g/mol. The number of fused-ring (bicyclic) bond motifs is 6. The minimum Gasteiger partial charge on any atom is -0.493 e. The number of benzene rings is 3. The van der Waals surface area contributed by atoms with Crippen molar-refractivity contribution in [2.45, 2.75) is 45.6 Å². The van der Waals surface area contributed by atoms with E-state index in [9.17, 15) is 9.59 Å². The molecule has 0 spiro atoms. The van der Waals surface area contributed by atoms with Gasteiger partial charge in [0.2, 0.25) is 5.91 Å². The van der Waals surface area contributed by atoms with Gasteiger partial charge in [-0.25, -0.2) is 0 Å². The highest BCUT2D eigenvalue weighted by Crippen LogP contribution is 2.30. The number of hydrogen-bond acceptors (Lipinski definition) is 7. The molecule has 0 aliphatic carbocycles. The number of ether oxygens (including phenoxy) is 3. The van der Waals surface area contributed by atoms with Crippen LogP contribution >= 0.6 is 0 Å². The van der Waals surface area contributed by atoms with Gasteiger partial charge in [-0.1, -0.05) is 44.2 Å². The third-order valence-corrected chi connectivity index (χ3v) is 7.95. The summed E-state index contributed by atoms with van der Waals surface area (Å²) in [6.45, 7) is 7.00. The number of carbonyl (C=O) groups excluding carboxylic acids is 2. The van der Waals surface area contributed by atoms with Crippen molar-refractivity contribution in [2.24, 2.45) is 5.92 Å². The lowest BCUT2D eigenvalue weighted by molar-refractivity contribution is -0.125. The van der Waals surface area contributed by atoms with Crippen molar-refractivity contribution in [3.63, 3.8) is 0 Å². The molecule has 3 heterocycles. The predicted octanol–water partition coefficient (Wildman–Crippen LogP) is 4.75. The molecule has 6 rings (SSSR count). The first-order valence-electron chi connectivity index (χ1n) is 15.2. The number of amides is 2. The summed E-state index contributed by atoms with van der Waals surface area (Å²) >= 11 is 0. The van der Waals surface area contributed by atoms with Gasteiger partial charge in [0.15, 0.2) is 0 Å². The lowest BCUT2D eigenvalue weighted by atomic mass is 10.0. The summed E-state index contributed by atoms with van der Waals surface area (Å²) in [4.78, 5) is 30.5. The zero-order chi connectivity index (χ0) is 30.6. The Morgan fingerprint density at radius 1 is 1.05 bits per heavy atom. The van der Waals surface area contributed by atoms with Gasteiger partial charge in [-0.15, -0.1) is 0 Å². The Morgan fingerprint density at radius 2 is 1.91 bits per heavy atom. The highest BCUT2D eigenvalue weighted by atomic mass is 16.5. The number of likely N-dealkylation sites (tertiary alicyclic amines) is 1. The number of hydrogen-bond donors (Lipinski definition) is 2. The van der Waals surface area contributed by atoms with Crippen molar-refractivity contribution >= 4 is 22.7 Å². The van der Waals surface area contributed by atoms with Crippen LogP contribution in [0.15, 0.2) is 66.7 Å². The Balaban J connectivity index is 1.25. The Hall–Kier alpha value is -4.41. The third kappa shape index (κ3) is 7.03. The second-order valence-corrected chi connectivity index (χ2v) is 12.1. The summed E-state index contributed by atoms with van der Waals surface area (Å²) in [5, 5.41) is 11.9. The topological polar surface area (TPSA) is 109 Å². The summed E-state index contributed by atoms with van der Waals surface area (Å²) < 4.78 is 18.7. The lowest BCUT2D eigenvalue weighted by Gasteiger charge is -2.38. The molecule has 2 N–H and O–H groups in total. The van der Waals surface area contributed by atoms with Crippen molar-refractivity contribution in [3.8, 4) is 17.2 Å². The van der Waals surface area contributed by atoms with Crippen LogP contribution in [0.2, 0.25) is 0 Å². The van der Waals surface area contributed by atoms with E-state index in [0.717, 1.165) is 28.7 Å². The van der Waals surface area contributed by atoms with Gasteiger partial charge in [-0.2, -0.15) is 5.10 Å². The summed E-state index contributed by atoms with van der Waals surface area (Å²) in [5.41, 5.74) is 3.33. The molecule has 2 amide bonds. The largest absolute Gasteiger partial charge is 0.493 e. The standard InChI is InChI=1S/C34H39N5O5/c1-22(2)20-42-26-14-24-15-27(16-26)44-25-8-6-7-23(13-25)21-43-32-18-39(17-31-28-9-4-5-10-29(28)36-37-31)12-11-30(32)35-33(40)19-38(3)34(24)41/h4-10,13-16,22,30,32H,11-12,17-21H2,1-3H3,(H,35,40)(H,36,37)/t30-,32-/m0/s1. The molecule has 2 atom stereocenters. The van der Waals surface area contributed by atoms with Crippen LogP contribution in [0.4, 0.5) is 0 Å². The first-order chi connectivity index (χ1) is 21.3. The molecule has 4 bridgehead atoms. The smallest absolute Gasteiger partial charge is 0.254 e. The number of aromatic amines is 1. The summed E-state index contributed by atoms with van der Waals surface area (Å²) in [6, 6.07) is 20.8. The number of nitrogens with zero attached hydrogens (tertiary/aromatic N) is 3. The van der Waals surface area contributed by atoms with Gasteiger partial charge in [0.25, 0.3) is 5.91 Å². The van der Waals surface area contributed by atoms with Gasteiger partial charge < -0.3 is 24.4 Å². The highest BCUT2D eigenvalue weighted by molar-refractivity contribution is 5.97. The lowest BCUT2D eigenvalue weighted by Crippen LogP contribution is -2.56. The number of para-hydroxylation sites is 1. The van der Waals surface area contributed by atoms with Crippen molar-refractivity contribution in [1.29, 1.82) is 0 Å². The number of carbonyl (C=O) groups is 2. The quantitative estimate of drug-likeness (QED) is 0.342. The molecule has 230 valence electrons. The Kier molecular flexibility index (Phi) is 8.81. The van der Waals surface area contributed by atoms with Gasteiger partial charge in [0.05, 0.1) is 43.1 Å². The third-order valence-electron chi connectivity index (χ3n) is 7.95. The molecule has 10 heteroatoms. The first kappa shape index (κ1) is 29.7. The van der Waals surface area contributed by atoms with E-state index >= 15 is 0 Å². The maximum Gasteiger partial charge on any atom is 0.254 e. The van der Waals surface area contributed by atoms with Crippen LogP contribution in [0.1, 0.15) is 41.9 Å². The molecule has 1 aromatic heterocycles. The zero-order valence-corrected chi connectivity index (χ0v) is 25.4. The molecule has 4 aromatic rings. The number of rotatable bonds is 5.